The Hall–Kier alpha value is -1.08. The Kier molecular flexibility index (Phi) is 5.81. The van der Waals surface area contributed by atoms with Gasteiger partial charge in [-0.05, 0) is 37.1 Å². The maximum absolute atomic E-state index is 12.3. The minimum absolute atomic E-state index is 0.0773. The van der Waals surface area contributed by atoms with Crippen LogP contribution in [0, 0.1) is 0 Å². The van der Waals surface area contributed by atoms with Gasteiger partial charge in [0.1, 0.15) is 0 Å². The van der Waals surface area contributed by atoms with Gasteiger partial charge in [0, 0.05) is 12.1 Å². The molecular formula is C16H16Cl2N2O2S2. The summed E-state index contributed by atoms with van der Waals surface area (Å²) in [5.41, 5.74) is 0. The Bertz CT molecular complexity index is 682. The Morgan fingerprint density at radius 3 is 1.58 bits per heavy atom. The van der Waals surface area contributed by atoms with E-state index in [1.807, 2.05) is 0 Å². The van der Waals surface area contributed by atoms with E-state index >= 15 is 0 Å². The van der Waals surface area contributed by atoms with Crippen LogP contribution in [0.25, 0.3) is 0 Å². The molecule has 8 heteroatoms. The standard InChI is InChI=1S/C16H16Cl2N2O2S2/c17-13-7-5-11(23-13)15(21)19-9-3-1-2-4-10(9)20-16(22)12-6-8-14(18)24-12/h5-10H,1-4H2,(H,19,21)(H,20,22). The Balaban J connectivity index is 1.64. The van der Waals surface area contributed by atoms with Gasteiger partial charge < -0.3 is 10.6 Å². The first-order valence-electron chi connectivity index (χ1n) is 7.65. The lowest BCUT2D eigenvalue weighted by Gasteiger charge is -2.32. The van der Waals surface area contributed by atoms with Crippen molar-refractivity contribution in [3.8, 4) is 0 Å². The van der Waals surface area contributed by atoms with E-state index in [1.54, 1.807) is 24.3 Å². The lowest BCUT2D eigenvalue weighted by atomic mass is 9.90. The summed E-state index contributed by atoms with van der Waals surface area (Å²) in [6, 6.07) is 6.69. The summed E-state index contributed by atoms with van der Waals surface area (Å²) >= 11 is 14.3. The monoisotopic (exact) mass is 402 g/mol. The number of hydrogen-bond donors (Lipinski definition) is 2. The lowest BCUT2D eigenvalue weighted by molar-refractivity contribution is 0.0867. The van der Waals surface area contributed by atoms with Crippen LogP contribution in [0.15, 0.2) is 24.3 Å². The smallest absolute Gasteiger partial charge is 0.261 e. The number of halogens is 2. The van der Waals surface area contributed by atoms with Crippen molar-refractivity contribution in [1.29, 1.82) is 0 Å². The molecule has 1 aliphatic carbocycles. The van der Waals surface area contributed by atoms with E-state index in [9.17, 15) is 9.59 Å². The maximum Gasteiger partial charge on any atom is 0.261 e. The molecule has 2 amide bonds. The van der Waals surface area contributed by atoms with Crippen molar-refractivity contribution in [3.05, 3.63) is 42.7 Å². The molecule has 2 aromatic heterocycles. The van der Waals surface area contributed by atoms with Crippen LogP contribution in [0.2, 0.25) is 8.67 Å². The summed E-state index contributed by atoms with van der Waals surface area (Å²) in [7, 11) is 0. The van der Waals surface area contributed by atoms with E-state index in [2.05, 4.69) is 10.6 Å². The van der Waals surface area contributed by atoms with Gasteiger partial charge in [-0.3, -0.25) is 9.59 Å². The van der Waals surface area contributed by atoms with Crippen LogP contribution in [0.1, 0.15) is 45.0 Å². The molecule has 1 saturated carbocycles. The van der Waals surface area contributed by atoms with Crippen molar-refractivity contribution in [2.75, 3.05) is 0 Å². The highest BCUT2D eigenvalue weighted by Gasteiger charge is 2.29. The molecule has 2 N–H and O–H groups in total. The molecule has 0 saturated heterocycles. The highest BCUT2D eigenvalue weighted by atomic mass is 35.5. The summed E-state index contributed by atoms with van der Waals surface area (Å²) in [5, 5.41) is 6.07. The van der Waals surface area contributed by atoms with Gasteiger partial charge in [0.15, 0.2) is 0 Å². The summed E-state index contributed by atoms with van der Waals surface area (Å²) < 4.78 is 1.17. The molecule has 2 unspecified atom stereocenters. The second-order valence-corrected chi connectivity index (χ2v) is 9.08. The number of rotatable bonds is 4. The minimum atomic E-state index is -0.141. The molecule has 0 radical (unpaired) electrons. The molecule has 1 aliphatic rings. The SMILES string of the molecule is O=C(NC1CCCCC1NC(=O)c1ccc(Cl)s1)c1ccc(Cl)s1. The third-order valence-corrected chi connectivity index (χ3v) is 6.45. The molecule has 0 bridgehead atoms. The molecule has 4 nitrogen and oxygen atoms in total. The van der Waals surface area contributed by atoms with E-state index in [0.717, 1.165) is 25.7 Å². The summed E-state index contributed by atoms with van der Waals surface area (Å²) in [5.74, 6) is -0.283. The molecule has 0 aliphatic heterocycles. The zero-order valence-corrected chi connectivity index (χ0v) is 15.8. The quantitative estimate of drug-likeness (QED) is 0.785. The molecule has 3 rings (SSSR count). The largest absolute Gasteiger partial charge is 0.347 e. The van der Waals surface area contributed by atoms with Crippen molar-refractivity contribution in [3.63, 3.8) is 0 Å². The first-order valence-corrected chi connectivity index (χ1v) is 10.0. The van der Waals surface area contributed by atoms with Gasteiger partial charge in [-0.25, -0.2) is 0 Å². The lowest BCUT2D eigenvalue weighted by Crippen LogP contribution is -2.53. The zero-order chi connectivity index (χ0) is 17.1. The van der Waals surface area contributed by atoms with Crippen molar-refractivity contribution >= 4 is 57.7 Å². The van der Waals surface area contributed by atoms with E-state index in [-0.39, 0.29) is 23.9 Å². The first-order chi connectivity index (χ1) is 11.5. The predicted molar refractivity (Wildman–Crippen MR) is 99.6 cm³/mol. The third-order valence-electron chi connectivity index (χ3n) is 3.99. The number of hydrogen-bond acceptors (Lipinski definition) is 4. The number of thiophene rings is 2. The van der Waals surface area contributed by atoms with Crippen molar-refractivity contribution in [1.82, 2.24) is 10.6 Å². The fourth-order valence-electron chi connectivity index (χ4n) is 2.83. The van der Waals surface area contributed by atoms with Gasteiger partial charge in [-0.2, -0.15) is 0 Å². The van der Waals surface area contributed by atoms with Gasteiger partial charge in [-0.1, -0.05) is 36.0 Å². The van der Waals surface area contributed by atoms with Crippen molar-refractivity contribution in [2.24, 2.45) is 0 Å². The van der Waals surface area contributed by atoms with Crippen LogP contribution in [0.3, 0.4) is 0 Å². The fourth-order valence-corrected chi connectivity index (χ4v) is 4.72. The second-order valence-electron chi connectivity index (χ2n) is 5.65. The fraction of sp³-hybridized carbons (Fsp3) is 0.375. The van der Waals surface area contributed by atoms with E-state index in [1.165, 1.54) is 22.7 Å². The number of carbonyl (C=O) groups excluding carboxylic acids is 2. The Morgan fingerprint density at radius 1 is 0.833 bits per heavy atom. The average Bonchev–Trinajstić information content (AvgIpc) is 3.18. The minimum Gasteiger partial charge on any atom is -0.347 e. The molecule has 2 heterocycles. The van der Waals surface area contributed by atoms with Crippen LogP contribution in [-0.4, -0.2) is 23.9 Å². The van der Waals surface area contributed by atoms with Gasteiger partial charge in [0.05, 0.1) is 18.4 Å². The summed E-state index contributed by atoms with van der Waals surface area (Å²) in [4.78, 5) is 25.9. The Morgan fingerprint density at radius 2 is 1.25 bits per heavy atom. The topological polar surface area (TPSA) is 58.2 Å². The summed E-state index contributed by atoms with van der Waals surface area (Å²) in [6.45, 7) is 0. The number of amides is 2. The predicted octanol–water partition coefficient (Wildman–Crippen LogP) is 4.59. The van der Waals surface area contributed by atoms with E-state index in [4.69, 9.17) is 23.2 Å². The highest BCUT2D eigenvalue weighted by molar-refractivity contribution is 7.18. The Labute approximate surface area is 158 Å². The second kappa shape index (κ2) is 7.87. The molecule has 24 heavy (non-hydrogen) atoms. The normalized spacial score (nSPS) is 20.6. The molecule has 0 aromatic carbocycles. The molecule has 128 valence electrons. The van der Waals surface area contributed by atoms with Crippen molar-refractivity contribution in [2.45, 2.75) is 37.8 Å². The highest BCUT2D eigenvalue weighted by Crippen LogP contribution is 2.25. The van der Waals surface area contributed by atoms with Crippen molar-refractivity contribution < 1.29 is 9.59 Å². The van der Waals surface area contributed by atoms with Gasteiger partial charge in [0.2, 0.25) is 0 Å². The van der Waals surface area contributed by atoms with Crippen LogP contribution >= 0.6 is 45.9 Å². The van der Waals surface area contributed by atoms with Crippen LogP contribution in [-0.2, 0) is 0 Å². The summed E-state index contributed by atoms with van der Waals surface area (Å²) in [6.07, 6.45) is 3.77. The van der Waals surface area contributed by atoms with Gasteiger partial charge >= 0.3 is 0 Å². The van der Waals surface area contributed by atoms with Crippen LogP contribution in [0.5, 0.6) is 0 Å². The van der Waals surface area contributed by atoms with Gasteiger partial charge in [0.25, 0.3) is 11.8 Å². The van der Waals surface area contributed by atoms with E-state index < -0.39 is 0 Å². The van der Waals surface area contributed by atoms with Crippen LogP contribution in [0.4, 0.5) is 0 Å². The number of carbonyl (C=O) groups is 2. The third kappa shape index (κ3) is 4.30. The zero-order valence-electron chi connectivity index (χ0n) is 12.7. The van der Waals surface area contributed by atoms with E-state index in [0.29, 0.717) is 18.4 Å². The molecule has 2 atom stereocenters. The molecule has 2 aromatic rings. The number of nitrogens with one attached hydrogen (secondary N) is 2. The molecular weight excluding hydrogens is 387 g/mol. The molecule has 1 fully saturated rings. The first kappa shape index (κ1) is 17.7. The van der Waals surface area contributed by atoms with Crippen LogP contribution < -0.4 is 10.6 Å². The van der Waals surface area contributed by atoms with Gasteiger partial charge in [-0.15, -0.1) is 22.7 Å². The maximum atomic E-state index is 12.3. The average molecular weight is 403 g/mol. The molecule has 0 spiro atoms.